The molecule has 0 radical (unpaired) electrons. The molecule has 0 spiro atoms. The zero-order chi connectivity index (χ0) is 5.11. The fraction of sp³-hybridized carbons (Fsp3) is 0.600. The maximum atomic E-state index is 5.52. The number of nitrogens with one attached hydrogen (secondary N) is 1. The summed E-state index contributed by atoms with van der Waals surface area (Å²) in [4.78, 5) is 0. The van der Waals surface area contributed by atoms with Gasteiger partial charge in [0.25, 0.3) is 0 Å². The van der Waals surface area contributed by atoms with Crippen molar-refractivity contribution in [1.29, 1.82) is 0 Å². The lowest BCUT2D eigenvalue weighted by molar-refractivity contribution is 0.615. The molecule has 1 rings (SSSR count). The Morgan fingerprint density at radius 3 is 2.86 bits per heavy atom. The van der Waals surface area contributed by atoms with Gasteiger partial charge in [-0.15, -0.1) is 0 Å². The fourth-order valence-electron chi connectivity index (χ4n) is 0.629. The highest BCUT2D eigenvalue weighted by molar-refractivity contribution is 4.90. The van der Waals surface area contributed by atoms with Crippen LogP contribution < -0.4 is 11.1 Å². The summed E-state index contributed by atoms with van der Waals surface area (Å²) >= 11 is 0. The monoisotopic (exact) mass is 98.1 g/mol. The molecule has 0 aromatic carbocycles. The third-order valence-electron chi connectivity index (χ3n) is 1.05. The van der Waals surface area contributed by atoms with E-state index in [1.165, 1.54) is 0 Å². The van der Waals surface area contributed by atoms with Gasteiger partial charge < -0.3 is 11.1 Å². The van der Waals surface area contributed by atoms with Gasteiger partial charge in [0, 0.05) is 12.6 Å². The summed E-state index contributed by atoms with van der Waals surface area (Å²) in [5.74, 6) is 0. The van der Waals surface area contributed by atoms with E-state index in [9.17, 15) is 0 Å². The first kappa shape index (κ1) is 4.65. The van der Waals surface area contributed by atoms with E-state index in [1.54, 1.807) is 0 Å². The molecule has 0 saturated heterocycles. The number of nitrogens with two attached hydrogens (primary N) is 1. The number of hydrogen-bond donors (Lipinski definition) is 2. The van der Waals surface area contributed by atoms with Crippen LogP contribution in [0.3, 0.4) is 0 Å². The van der Waals surface area contributed by atoms with Crippen LogP contribution in [-0.2, 0) is 0 Å². The number of rotatable bonds is 0. The zero-order valence-corrected chi connectivity index (χ0v) is 4.22. The molecule has 0 aliphatic carbocycles. The van der Waals surface area contributed by atoms with Crippen LogP contribution in [0.5, 0.6) is 0 Å². The van der Waals surface area contributed by atoms with Crippen LogP contribution in [0, 0.1) is 0 Å². The van der Waals surface area contributed by atoms with Gasteiger partial charge in [-0.1, -0.05) is 6.08 Å². The van der Waals surface area contributed by atoms with Gasteiger partial charge in [-0.2, -0.15) is 0 Å². The molecule has 0 unspecified atom stereocenters. The Morgan fingerprint density at radius 1 is 1.71 bits per heavy atom. The van der Waals surface area contributed by atoms with Crippen molar-refractivity contribution in [2.75, 3.05) is 6.54 Å². The molecule has 0 saturated carbocycles. The van der Waals surface area contributed by atoms with Crippen LogP contribution in [0.4, 0.5) is 0 Å². The summed E-state index contributed by atoms with van der Waals surface area (Å²) in [6, 6.07) is 0.338. The third kappa shape index (κ3) is 1.20. The van der Waals surface area contributed by atoms with Crippen LogP contribution in [0.1, 0.15) is 6.42 Å². The van der Waals surface area contributed by atoms with E-state index in [0.29, 0.717) is 6.04 Å². The summed E-state index contributed by atoms with van der Waals surface area (Å²) < 4.78 is 0. The molecule has 1 atom stereocenters. The second kappa shape index (κ2) is 1.98. The van der Waals surface area contributed by atoms with Crippen molar-refractivity contribution in [3.05, 3.63) is 12.3 Å². The molecule has 0 bridgehead atoms. The van der Waals surface area contributed by atoms with Crippen LogP contribution in [0.15, 0.2) is 12.3 Å². The maximum absolute atomic E-state index is 5.52. The van der Waals surface area contributed by atoms with Crippen LogP contribution in [-0.4, -0.2) is 12.6 Å². The molecule has 1 aliphatic rings. The summed E-state index contributed by atoms with van der Waals surface area (Å²) in [5, 5.41) is 3.03. The molecule has 3 N–H and O–H groups in total. The van der Waals surface area contributed by atoms with E-state index in [1.807, 2.05) is 12.3 Å². The van der Waals surface area contributed by atoms with Crippen molar-refractivity contribution in [3.8, 4) is 0 Å². The van der Waals surface area contributed by atoms with Gasteiger partial charge in [-0.3, -0.25) is 0 Å². The van der Waals surface area contributed by atoms with Crippen molar-refractivity contribution in [2.24, 2.45) is 5.73 Å². The van der Waals surface area contributed by atoms with Gasteiger partial charge >= 0.3 is 0 Å². The Morgan fingerprint density at radius 2 is 2.57 bits per heavy atom. The summed E-state index contributed by atoms with van der Waals surface area (Å²) in [7, 11) is 0. The highest BCUT2D eigenvalue weighted by Crippen LogP contribution is 1.91. The average Bonchev–Trinajstić information content (AvgIpc) is 1.69. The zero-order valence-electron chi connectivity index (χ0n) is 4.22. The van der Waals surface area contributed by atoms with E-state index < -0.39 is 0 Å². The van der Waals surface area contributed by atoms with Gasteiger partial charge in [-0.05, 0) is 12.6 Å². The highest BCUT2D eigenvalue weighted by atomic mass is 14.9. The lowest BCUT2D eigenvalue weighted by atomic mass is 10.2. The molecule has 0 fully saturated rings. The van der Waals surface area contributed by atoms with Crippen molar-refractivity contribution in [2.45, 2.75) is 12.5 Å². The number of hydrogen-bond acceptors (Lipinski definition) is 2. The first-order valence-electron chi connectivity index (χ1n) is 2.53. The highest BCUT2D eigenvalue weighted by Gasteiger charge is 1.99. The topological polar surface area (TPSA) is 38.0 Å². The van der Waals surface area contributed by atoms with Gasteiger partial charge in [0.05, 0.1) is 0 Å². The molecule has 2 nitrogen and oxygen atoms in total. The Hall–Kier alpha value is -0.500. The molecular weight excluding hydrogens is 88.1 g/mol. The van der Waals surface area contributed by atoms with Crippen molar-refractivity contribution in [3.63, 3.8) is 0 Å². The van der Waals surface area contributed by atoms with E-state index in [-0.39, 0.29) is 0 Å². The Balaban J connectivity index is 2.32. The van der Waals surface area contributed by atoms with Crippen molar-refractivity contribution >= 4 is 0 Å². The van der Waals surface area contributed by atoms with Gasteiger partial charge in [0.1, 0.15) is 0 Å². The second-order valence-corrected chi connectivity index (χ2v) is 1.81. The van der Waals surface area contributed by atoms with Crippen LogP contribution in [0.25, 0.3) is 0 Å². The van der Waals surface area contributed by atoms with E-state index >= 15 is 0 Å². The lowest BCUT2D eigenvalue weighted by Gasteiger charge is -2.12. The van der Waals surface area contributed by atoms with E-state index in [2.05, 4.69) is 5.32 Å². The smallest absolute Gasteiger partial charge is 0.0296 e. The normalized spacial score (nSPS) is 29.6. The fourth-order valence-corrected chi connectivity index (χ4v) is 0.629. The predicted octanol–water partition coefficient (Wildman–Crippen LogP) is -0.179. The minimum absolute atomic E-state index is 0.338. The molecule has 7 heavy (non-hydrogen) atoms. The second-order valence-electron chi connectivity index (χ2n) is 1.81. The SMILES string of the molecule is N[C@H]1CC=CNC1. The molecule has 2 heteroatoms. The van der Waals surface area contributed by atoms with E-state index in [0.717, 1.165) is 13.0 Å². The standard InChI is InChI=1S/C5H10N2/c6-5-2-1-3-7-4-5/h1,3,5,7H,2,4,6H2/t5-/m0/s1. The summed E-state index contributed by atoms with van der Waals surface area (Å²) in [6.07, 6.45) is 5.02. The van der Waals surface area contributed by atoms with E-state index in [4.69, 9.17) is 5.73 Å². The van der Waals surface area contributed by atoms with Gasteiger partial charge in [0.2, 0.25) is 0 Å². The summed E-state index contributed by atoms with van der Waals surface area (Å²) in [5.41, 5.74) is 5.52. The largest absolute Gasteiger partial charge is 0.390 e. The lowest BCUT2D eigenvalue weighted by Crippen LogP contribution is -2.33. The average molecular weight is 98.1 g/mol. The quantitative estimate of drug-likeness (QED) is 0.441. The first-order valence-corrected chi connectivity index (χ1v) is 2.53. The van der Waals surface area contributed by atoms with Crippen LogP contribution >= 0.6 is 0 Å². The summed E-state index contributed by atoms with van der Waals surface area (Å²) in [6.45, 7) is 0.927. The van der Waals surface area contributed by atoms with Gasteiger partial charge in [-0.25, -0.2) is 0 Å². The molecule has 1 heterocycles. The first-order chi connectivity index (χ1) is 3.39. The third-order valence-corrected chi connectivity index (χ3v) is 1.05. The van der Waals surface area contributed by atoms with Gasteiger partial charge in [0.15, 0.2) is 0 Å². The molecule has 0 aromatic heterocycles. The van der Waals surface area contributed by atoms with Crippen LogP contribution in [0.2, 0.25) is 0 Å². The minimum atomic E-state index is 0.338. The maximum Gasteiger partial charge on any atom is 0.0296 e. The molecule has 0 aromatic rings. The predicted molar refractivity (Wildman–Crippen MR) is 29.7 cm³/mol. The Bertz CT molecular complexity index is 78.1. The van der Waals surface area contributed by atoms with Crippen molar-refractivity contribution in [1.82, 2.24) is 5.32 Å². The molecule has 1 aliphatic heterocycles. The van der Waals surface area contributed by atoms with Crippen molar-refractivity contribution < 1.29 is 0 Å². The Labute approximate surface area is 43.4 Å². The molecule has 40 valence electrons. The molecule has 0 amide bonds. The Kier molecular flexibility index (Phi) is 1.32. The minimum Gasteiger partial charge on any atom is -0.390 e. The molecular formula is C5H10N2.